The van der Waals surface area contributed by atoms with E-state index in [4.69, 9.17) is 4.42 Å². The van der Waals surface area contributed by atoms with E-state index in [9.17, 15) is 0 Å². The first-order valence-electron chi connectivity index (χ1n) is 10.1. The Bertz CT molecular complexity index is 913. The van der Waals surface area contributed by atoms with Crippen molar-refractivity contribution in [1.29, 1.82) is 0 Å². The summed E-state index contributed by atoms with van der Waals surface area (Å²) in [4.78, 5) is 15.0. The minimum atomic E-state index is 0.662. The Morgan fingerprint density at radius 1 is 1.14 bits per heavy atom. The first-order valence-corrected chi connectivity index (χ1v) is 11.0. The number of rotatable bonds is 9. The van der Waals surface area contributed by atoms with Crippen molar-refractivity contribution in [3.05, 3.63) is 57.9 Å². The van der Waals surface area contributed by atoms with Gasteiger partial charge < -0.3 is 15.1 Å². The molecule has 0 bridgehead atoms. The molecule has 2 heterocycles. The molecule has 0 amide bonds. The van der Waals surface area contributed by atoms with E-state index in [1.165, 1.54) is 10.4 Å². The molecule has 1 aromatic carbocycles. The van der Waals surface area contributed by atoms with Crippen molar-refractivity contribution in [2.45, 2.75) is 40.0 Å². The summed E-state index contributed by atoms with van der Waals surface area (Å²) in [6.07, 6.45) is 6.38. The number of oxazole rings is 1. The fraction of sp³-hybridized carbons (Fsp3) is 0.409. The van der Waals surface area contributed by atoms with Gasteiger partial charge in [0.25, 0.3) is 0 Å². The van der Waals surface area contributed by atoms with Gasteiger partial charge in [-0.25, -0.2) is 9.97 Å². The van der Waals surface area contributed by atoms with E-state index >= 15 is 0 Å². The Morgan fingerprint density at radius 3 is 2.69 bits per heavy atom. The number of hydrogen-bond acceptors (Lipinski definition) is 5. The SMILES string of the molecule is CCNC(=NCCc1ncc(CC)s1)NCCc1coc(-c2ccc(C)cc2)n1. The second-order valence-corrected chi connectivity index (χ2v) is 7.97. The van der Waals surface area contributed by atoms with Gasteiger partial charge in [0.05, 0.1) is 10.7 Å². The second kappa shape index (κ2) is 10.8. The van der Waals surface area contributed by atoms with Crippen molar-refractivity contribution >= 4 is 17.3 Å². The van der Waals surface area contributed by atoms with E-state index in [0.717, 1.165) is 54.6 Å². The molecule has 0 spiro atoms. The average molecular weight is 412 g/mol. The van der Waals surface area contributed by atoms with Crippen LogP contribution in [0.3, 0.4) is 0 Å². The monoisotopic (exact) mass is 411 g/mol. The van der Waals surface area contributed by atoms with Gasteiger partial charge in [0.1, 0.15) is 6.26 Å². The summed E-state index contributed by atoms with van der Waals surface area (Å²) >= 11 is 1.77. The van der Waals surface area contributed by atoms with Crippen molar-refractivity contribution in [2.75, 3.05) is 19.6 Å². The number of aromatic nitrogens is 2. The lowest BCUT2D eigenvalue weighted by Gasteiger charge is -2.10. The summed E-state index contributed by atoms with van der Waals surface area (Å²) in [5, 5.41) is 7.80. The minimum absolute atomic E-state index is 0.662. The zero-order chi connectivity index (χ0) is 20.5. The topological polar surface area (TPSA) is 75.3 Å². The number of aliphatic imine (C=N–C) groups is 1. The molecule has 0 unspecified atom stereocenters. The summed E-state index contributed by atoms with van der Waals surface area (Å²) in [7, 11) is 0. The molecule has 3 aromatic rings. The smallest absolute Gasteiger partial charge is 0.226 e. The third-order valence-electron chi connectivity index (χ3n) is 4.41. The van der Waals surface area contributed by atoms with E-state index in [2.05, 4.69) is 58.5 Å². The molecule has 6 nitrogen and oxygen atoms in total. The lowest BCUT2D eigenvalue weighted by Crippen LogP contribution is -2.38. The predicted octanol–water partition coefficient (Wildman–Crippen LogP) is 4.01. The molecule has 0 aliphatic heterocycles. The molecule has 0 radical (unpaired) electrons. The summed E-state index contributed by atoms with van der Waals surface area (Å²) in [5.41, 5.74) is 3.15. The van der Waals surface area contributed by atoms with Gasteiger partial charge in [-0.05, 0) is 32.4 Å². The van der Waals surface area contributed by atoms with Gasteiger partial charge in [0.15, 0.2) is 5.96 Å². The molecule has 2 aromatic heterocycles. The van der Waals surface area contributed by atoms with Crippen LogP contribution in [0.4, 0.5) is 0 Å². The maximum absolute atomic E-state index is 5.63. The average Bonchev–Trinajstić information content (AvgIpc) is 3.38. The summed E-state index contributed by atoms with van der Waals surface area (Å²) in [6.45, 7) is 8.57. The van der Waals surface area contributed by atoms with Crippen molar-refractivity contribution in [1.82, 2.24) is 20.6 Å². The third-order valence-corrected chi connectivity index (χ3v) is 5.61. The number of nitrogens with zero attached hydrogens (tertiary/aromatic N) is 3. The Kier molecular flexibility index (Phi) is 7.81. The van der Waals surface area contributed by atoms with Crippen molar-refractivity contribution < 1.29 is 4.42 Å². The highest BCUT2D eigenvalue weighted by Crippen LogP contribution is 2.19. The highest BCUT2D eigenvalue weighted by atomic mass is 32.1. The third kappa shape index (κ3) is 6.42. The maximum Gasteiger partial charge on any atom is 0.226 e. The number of nitrogens with one attached hydrogen (secondary N) is 2. The van der Waals surface area contributed by atoms with Gasteiger partial charge in [0, 0.05) is 49.1 Å². The van der Waals surface area contributed by atoms with Crippen LogP contribution in [-0.4, -0.2) is 35.6 Å². The molecular weight excluding hydrogens is 382 g/mol. The fourth-order valence-electron chi connectivity index (χ4n) is 2.79. The Hall–Kier alpha value is -2.67. The fourth-order valence-corrected chi connectivity index (χ4v) is 3.64. The van der Waals surface area contributed by atoms with Gasteiger partial charge >= 0.3 is 0 Å². The van der Waals surface area contributed by atoms with Crippen molar-refractivity contribution in [3.63, 3.8) is 0 Å². The molecule has 154 valence electrons. The molecule has 0 aliphatic carbocycles. The molecule has 0 saturated heterocycles. The summed E-state index contributed by atoms with van der Waals surface area (Å²) in [5.74, 6) is 1.48. The molecule has 29 heavy (non-hydrogen) atoms. The van der Waals surface area contributed by atoms with Crippen molar-refractivity contribution in [2.24, 2.45) is 4.99 Å². The van der Waals surface area contributed by atoms with E-state index in [1.807, 2.05) is 18.3 Å². The number of hydrogen-bond donors (Lipinski definition) is 2. The van der Waals surface area contributed by atoms with Gasteiger partial charge in [-0.15, -0.1) is 11.3 Å². The van der Waals surface area contributed by atoms with Gasteiger partial charge in [-0.3, -0.25) is 4.99 Å². The van der Waals surface area contributed by atoms with Gasteiger partial charge in [-0.1, -0.05) is 24.6 Å². The van der Waals surface area contributed by atoms with Crippen LogP contribution in [0, 0.1) is 6.92 Å². The molecule has 0 fully saturated rings. The zero-order valence-electron chi connectivity index (χ0n) is 17.4. The van der Waals surface area contributed by atoms with Gasteiger partial charge in [0.2, 0.25) is 5.89 Å². The first-order chi connectivity index (χ1) is 14.2. The summed E-state index contributed by atoms with van der Waals surface area (Å²) in [6, 6.07) is 8.19. The quantitative estimate of drug-likeness (QED) is 0.411. The van der Waals surface area contributed by atoms with Crippen LogP contribution in [0.1, 0.15) is 35.0 Å². The molecule has 7 heteroatoms. The number of guanidine groups is 1. The van der Waals surface area contributed by atoms with Crippen LogP contribution < -0.4 is 10.6 Å². The van der Waals surface area contributed by atoms with Crippen LogP contribution in [0.2, 0.25) is 0 Å². The van der Waals surface area contributed by atoms with Crippen LogP contribution in [0.25, 0.3) is 11.5 Å². The Balaban J connectivity index is 1.48. The molecule has 0 atom stereocenters. The number of benzene rings is 1. The Labute approximate surface area is 176 Å². The summed E-state index contributed by atoms with van der Waals surface area (Å²) < 4.78 is 5.63. The van der Waals surface area contributed by atoms with E-state index < -0.39 is 0 Å². The van der Waals surface area contributed by atoms with Crippen LogP contribution >= 0.6 is 11.3 Å². The van der Waals surface area contributed by atoms with E-state index in [1.54, 1.807) is 17.6 Å². The second-order valence-electron chi connectivity index (χ2n) is 6.77. The van der Waals surface area contributed by atoms with E-state index in [-0.39, 0.29) is 0 Å². The normalized spacial score (nSPS) is 11.6. The predicted molar refractivity (Wildman–Crippen MR) is 120 cm³/mol. The maximum atomic E-state index is 5.63. The van der Waals surface area contributed by atoms with Crippen molar-refractivity contribution in [3.8, 4) is 11.5 Å². The number of aryl methyl sites for hydroxylation is 2. The highest BCUT2D eigenvalue weighted by Gasteiger charge is 2.07. The largest absolute Gasteiger partial charge is 0.444 e. The molecular formula is C22H29N5OS. The number of thiazole rings is 1. The molecule has 3 rings (SSSR count). The Morgan fingerprint density at radius 2 is 1.97 bits per heavy atom. The lowest BCUT2D eigenvalue weighted by molar-refractivity contribution is 0.572. The molecule has 0 saturated carbocycles. The standard InChI is InChI=1S/C22H29N5OS/c1-4-19-14-26-20(29-19)11-13-25-22(23-5-2)24-12-10-18-15-28-21(27-18)17-8-6-16(3)7-9-17/h6-9,14-15H,4-5,10-13H2,1-3H3,(H2,23,24,25). The van der Waals surface area contributed by atoms with Crippen LogP contribution in [0.15, 0.2) is 46.1 Å². The highest BCUT2D eigenvalue weighted by molar-refractivity contribution is 7.11. The van der Waals surface area contributed by atoms with Gasteiger partial charge in [-0.2, -0.15) is 0 Å². The first kappa shape index (κ1) is 21.0. The van der Waals surface area contributed by atoms with Crippen LogP contribution in [-0.2, 0) is 19.3 Å². The molecule has 0 aliphatic rings. The molecule has 2 N–H and O–H groups in total. The minimum Gasteiger partial charge on any atom is -0.444 e. The lowest BCUT2D eigenvalue weighted by atomic mass is 10.1. The zero-order valence-corrected chi connectivity index (χ0v) is 18.2. The van der Waals surface area contributed by atoms with E-state index in [0.29, 0.717) is 12.4 Å². The van der Waals surface area contributed by atoms with Crippen LogP contribution in [0.5, 0.6) is 0 Å².